The minimum atomic E-state index is -0.120. The fourth-order valence-corrected chi connectivity index (χ4v) is 1.70. The number of amides is 1. The molecule has 0 aromatic carbocycles. The van der Waals surface area contributed by atoms with Gasteiger partial charge in [-0.15, -0.1) is 0 Å². The van der Waals surface area contributed by atoms with Gasteiger partial charge in [0, 0.05) is 12.6 Å². The van der Waals surface area contributed by atoms with Gasteiger partial charge in [0.25, 0.3) is 0 Å². The van der Waals surface area contributed by atoms with Gasteiger partial charge in [-0.05, 0) is 35.4 Å². The second-order valence-electron chi connectivity index (χ2n) is 2.90. The normalized spacial score (nSPS) is 10.1. The van der Waals surface area contributed by atoms with Gasteiger partial charge >= 0.3 is 0 Å². The monoisotopic (exact) mass is 220 g/mol. The highest BCUT2D eigenvalue weighted by atomic mass is 32.1. The lowest BCUT2D eigenvalue weighted by molar-refractivity contribution is -0.125. The van der Waals surface area contributed by atoms with Crippen molar-refractivity contribution in [1.29, 1.82) is 5.26 Å². The summed E-state index contributed by atoms with van der Waals surface area (Å²) in [6.45, 7) is 2.55. The number of carbonyl (C=O) groups excluding carboxylic acids is 1. The molecule has 15 heavy (non-hydrogen) atoms. The van der Waals surface area contributed by atoms with Crippen molar-refractivity contribution in [2.75, 3.05) is 13.1 Å². The molecular formula is C11H12N2OS. The second-order valence-corrected chi connectivity index (χ2v) is 3.68. The number of nitriles is 1. The summed E-state index contributed by atoms with van der Waals surface area (Å²) in [6, 6.07) is 3.91. The van der Waals surface area contributed by atoms with Crippen LogP contribution < -0.4 is 0 Å². The Balaban J connectivity index is 2.58. The SMILES string of the molecule is CCN(CC#N)C(=O)/C=C/c1ccsc1. The molecule has 0 aliphatic carbocycles. The van der Waals surface area contributed by atoms with E-state index in [1.54, 1.807) is 17.4 Å². The van der Waals surface area contributed by atoms with Gasteiger partial charge in [-0.3, -0.25) is 4.79 Å². The van der Waals surface area contributed by atoms with Crippen molar-refractivity contribution in [3.05, 3.63) is 28.5 Å². The van der Waals surface area contributed by atoms with Crippen LogP contribution in [-0.4, -0.2) is 23.9 Å². The fourth-order valence-electron chi connectivity index (χ4n) is 1.07. The predicted molar refractivity (Wildman–Crippen MR) is 61.2 cm³/mol. The van der Waals surface area contributed by atoms with Crippen LogP contribution in [0.25, 0.3) is 6.08 Å². The van der Waals surface area contributed by atoms with Crippen LogP contribution in [0.1, 0.15) is 12.5 Å². The van der Waals surface area contributed by atoms with Crippen LogP contribution in [-0.2, 0) is 4.79 Å². The van der Waals surface area contributed by atoms with Crippen molar-refractivity contribution < 1.29 is 4.79 Å². The van der Waals surface area contributed by atoms with Crippen molar-refractivity contribution in [2.24, 2.45) is 0 Å². The molecule has 1 rings (SSSR count). The lowest BCUT2D eigenvalue weighted by Gasteiger charge is -2.14. The van der Waals surface area contributed by atoms with Gasteiger partial charge < -0.3 is 4.90 Å². The number of carbonyl (C=O) groups is 1. The molecule has 1 amide bonds. The van der Waals surface area contributed by atoms with E-state index in [4.69, 9.17) is 5.26 Å². The van der Waals surface area contributed by atoms with E-state index in [0.29, 0.717) is 6.54 Å². The molecule has 0 aliphatic rings. The minimum Gasteiger partial charge on any atom is -0.326 e. The Bertz CT molecular complexity index is 376. The molecule has 3 nitrogen and oxygen atoms in total. The summed E-state index contributed by atoms with van der Waals surface area (Å²) in [6.07, 6.45) is 3.27. The smallest absolute Gasteiger partial charge is 0.247 e. The lowest BCUT2D eigenvalue weighted by Crippen LogP contribution is -2.29. The highest BCUT2D eigenvalue weighted by molar-refractivity contribution is 7.08. The maximum absolute atomic E-state index is 11.6. The van der Waals surface area contributed by atoms with Gasteiger partial charge in [0.15, 0.2) is 0 Å². The third-order valence-electron chi connectivity index (χ3n) is 1.92. The Morgan fingerprint density at radius 2 is 2.53 bits per heavy atom. The molecule has 78 valence electrons. The first-order chi connectivity index (χ1) is 7.27. The summed E-state index contributed by atoms with van der Waals surface area (Å²) < 4.78 is 0. The van der Waals surface area contributed by atoms with Crippen LogP contribution in [0.2, 0.25) is 0 Å². The van der Waals surface area contributed by atoms with Gasteiger partial charge in [-0.2, -0.15) is 16.6 Å². The molecule has 0 bridgehead atoms. The van der Waals surface area contributed by atoms with Gasteiger partial charge in [0.05, 0.1) is 6.07 Å². The molecule has 4 heteroatoms. The van der Waals surface area contributed by atoms with Gasteiger partial charge in [-0.1, -0.05) is 0 Å². The second kappa shape index (κ2) is 5.99. The molecular weight excluding hydrogens is 208 g/mol. The maximum atomic E-state index is 11.6. The average molecular weight is 220 g/mol. The molecule has 0 radical (unpaired) electrons. The Kier molecular flexibility index (Phi) is 4.58. The molecule has 0 unspecified atom stereocenters. The Morgan fingerprint density at radius 1 is 1.73 bits per heavy atom. The molecule has 1 aromatic heterocycles. The standard InChI is InChI=1S/C11H12N2OS/c1-2-13(7-6-12)11(14)4-3-10-5-8-15-9-10/h3-5,8-9H,2,7H2,1H3/b4-3+. The first-order valence-corrected chi connectivity index (χ1v) is 5.58. The molecule has 1 aromatic rings. The van der Waals surface area contributed by atoms with E-state index in [9.17, 15) is 4.79 Å². The first-order valence-electron chi connectivity index (χ1n) is 4.64. The molecule has 0 spiro atoms. The molecule has 0 aliphatic heterocycles. The summed E-state index contributed by atoms with van der Waals surface area (Å²) >= 11 is 1.59. The molecule has 0 saturated carbocycles. The van der Waals surface area contributed by atoms with Crippen LogP contribution in [0.3, 0.4) is 0 Å². The largest absolute Gasteiger partial charge is 0.326 e. The maximum Gasteiger partial charge on any atom is 0.247 e. The number of thiophene rings is 1. The predicted octanol–water partition coefficient (Wildman–Crippen LogP) is 2.13. The van der Waals surface area contributed by atoms with Crippen LogP contribution in [0.15, 0.2) is 22.9 Å². The first kappa shape index (κ1) is 11.5. The molecule has 0 saturated heterocycles. The highest BCUT2D eigenvalue weighted by Gasteiger charge is 2.06. The number of rotatable bonds is 4. The van der Waals surface area contributed by atoms with E-state index in [2.05, 4.69) is 0 Å². The van der Waals surface area contributed by atoms with Crippen LogP contribution in [0.4, 0.5) is 0 Å². The minimum absolute atomic E-state index is 0.120. The summed E-state index contributed by atoms with van der Waals surface area (Å²) in [7, 11) is 0. The van der Waals surface area contributed by atoms with E-state index in [1.807, 2.05) is 29.8 Å². The van der Waals surface area contributed by atoms with Crippen molar-refractivity contribution in [3.63, 3.8) is 0 Å². The quantitative estimate of drug-likeness (QED) is 0.576. The zero-order chi connectivity index (χ0) is 11.1. The van der Waals surface area contributed by atoms with Gasteiger partial charge in [0.2, 0.25) is 5.91 Å². The Hall–Kier alpha value is -1.60. The van der Waals surface area contributed by atoms with E-state index in [-0.39, 0.29) is 12.5 Å². The number of likely N-dealkylation sites (N-methyl/N-ethyl adjacent to an activating group) is 1. The number of hydrogen-bond donors (Lipinski definition) is 0. The third kappa shape index (κ3) is 3.56. The van der Waals surface area contributed by atoms with E-state index in [0.717, 1.165) is 5.56 Å². The van der Waals surface area contributed by atoms with Crippen molar-refractivity contribution >= 4 is 23.3 Å². The van der Waals surface area contributed by atoms with Crippen LogP contribution in [0, 0.1) is 11.3 Å². The highest BCUT2D eigenvalue weighted by Crippen LogP contribution is 2.07. The van der Waals surface area contributed by atoms with E-state index in [1.165, 1.54) is 11.0 Å². The van der Waals surface area contributed by atoms with Crippen molar-refractivity contribution in [2.45, 2.75) is 6.92 Å². The summed E-state index contributed by atoms with van der Waals surface area (Å²) in [5.74, 6) is -0.120. The van der Waals surface area contributed by atoms with Gasteiger partial charge in [0.1, 0.15) is 6.54 Å². The molecule has 0 fully saturated rings. The topological polar surface area (TPSA) is 44.1 Å². The Morgan fingerprint density at radius 3 is 3.07 bits per heavy atom. The fraction of sp³-hybridized carbons (Fsp3) is 0.273. The zero-order valence-corrected chi connectivity index (χ0v) is 9.33. The van der Waals surface area contributed by atoms with Gasteiger partial charge in [-0.25, -0.2) is 0 Å². The Labute approximate surface area is 93.3 Å². The summed E-state index contributed by atoms with van der Waals surface area (Å²) in [5.41, 5.74) is 1.02. The van der Waals surface area contributed by atoms with Crippen molar-refractivity contribution in [3.8, 4) is 6.07 Å². The average Bonchev–Trinajstić information content (AvgIpc) is 2.75. The van der Waals surface area contributed by atoms with Crippen molar-refractivity contribution in [1.82, 2.24) is 4.90 Å². The number of nitrogens with zero attached hydrogens (tertiary/aromatic N) is 2. The van der Waals surface area contributed by atoms with Crippen LogP contribution >= 0.6 is 11.3 Å². The molecule has 0 N–H and O–H groups in total. The third-order valence-corrected chi connectivity index (χ3v) is 2.62. The molecule has 0 atom stereocenters. The number of hydrogen-bond acceptors (Lipinski definition) is 3. The lowest BCUT2D eigenvalue weighted by atomic mass is 10.3. The van der Waals surface area contributed by atoms with E-state index < -0.39 is 0 Å². The summed E-state index contributed by atoms with van der Waals surface area (Å²) in [4.78, 5) is 13.0. The van der Waals surface area contributed by atoms with Crippen LogP contribution in [0.5, 0.6) is 0 Å². The van der Waals surface area contributed by atoms with E-state index >= 15 is 0 Å². The summed E-state index contributed by atoms with van der Waals surface area (Å²) in [5, 5.41) is 12.4. The zero-order valence-electron chi connectivity index (χ0n) is 8.51. The molecule has 1 heterocycles.